The molecule has 1 aliphatic rings. The van der Waals surface area contributed by atoms with E-state index in [0.717, 1.165) is 29.0 Å². The largest absolute Gasteiger partial charge is 0.440 e. The Kier molecular flexibility index (Phi) is 8.09. The Hall–Kier alpha value is -3.45. The Morgan fingerprint density at radius 2 is 1.59 bits per heavy atom. The summed E-state index contributed by atoms with van der Waals surface area (Å²) in [4.78, 5) is 33.5. The van der Waals surface area contributed by atoms with Crippen LogP contribution in [0.4, 0.5) is 0 Å². The van der Waals surface area contributed by atoms with Crippen molar-refractivity contribution >= 4 is 11.8 Å². The first-order valence-corrected chi connectivity index (χ1v) is 12.0. The number of aromatic nitrogens is 1. The van der Waals surface area contributed by atoms with E-state index in [4.69, 9.17) is 9.40 Å². The number of carbonyl (C=O) groups is 2. The number of nitrogens with zero attached hydrogens (tertiary/aromatic N) is 3. The van der Waals surface area contributed by atoms with E-state index >= 15 is 0 Å². The van der Waals surface area contributed by atoms with Crippen LogP contribution >= 0.6 is 0 Å². The average molecular weight is 461 g/mol. The van der Waals surface area contributed by atoms with Gasteiger partial charge >= 0.3 is 0 Å². The smallest absolute Gasteiger partial charge is 0.234 e. The first kappa shape index (κ1) is 23.7. The summed E-state index contributed by atoms with van der Waals surface area (Å²) in [5.41, 5.74) is 2.75. The molecule has 178 valence electrons. The van der Waals surface area contributed by atoms with Gasteiger partial charge < -0.3 is 14.6 Å². The Balaban J connectivity index is 1.35. The molecule has 2 aromatic carbocycles. The maximum absolute atomic E-state index is 12.8. The van der Waals surface area contributed by atoms with Crippen molar-refractivity contribution in [3.63, 3.8) is 0 Å². The number of benzene rings is 2. The molecule has 2 heterocycles. The van der Waals surface area contributed by atoms with Crippen LogP contribution in [0.3, 0.4) is 0 Å². The van der Waals surface area contributed by atoms with Crippen molar-refractivity contribution in [1.29, 1.82) is 0 Å². The van der Waals surface area contributed by atoms with Crippen molar-refractivity contribution in [3.8, 4) is 22.6 Å². The molecule has 0 aliphatic carbocycles. The van der Waals surface area contributed by atoms with Gasteiger partial charge in [-0.3, -0.25) is 14.5 Å². The number of amides is 2. The molecule has 3 aromatic rings. The van der Waals surface area contributed by atoms with Gasteiger partial charge in [-0.1, -0.05) is 67.6 Å². The highest BCUT2D eigenvalue weighted by atomic mass is 16.4. The number of piperazine rings is 1. The summed E-state index contributed by atoms with van der Waals surface area (Å²) < 4.78 is 6.15. The zero-order valence-corrected chi connectivity index (χ0v) is 19.7. The molecule has 0 radical (unpaired) electrons. The number of rotatable bonds is 9. The summed E-state index contributed by atoms with van der Waals surface area (Å²) in [7, 11) is 0. The van der Waals surface area contributed by atoms with Crippen molar-refractivity contribution < 1.29 is 14.0 Å². The molecule has 2 amide bonds. The summed E-state index contributed by atoms with van der Waals surface area (Å²) in [6.07, 6.45) is 1.73. The minimum absolute atomic E-state index is 0.0500. The van der Waals surface area contributed by atoms with Crippen LogP contribution in [0, 0.1) is 0 Å². The average Bonchev–Trinajstić information content (AvgIpc) is 3.32. The van der Waals surface area contributed by atoms with Gasteiger partial charge in [0.25, 0.3) is 0 Å². The zero-order chi connectivity index (χ0) is 23.8. The van der Waals surface area contributed by atoms with Crippen LogP contribution in [0.25, 0.3) is 22.6 Å². The van der Waals surface area contributed by atoms with E-state index in [1.807, 2.05) is 72.5 Å². The third kappa shape index (κ3) is 6.11. The van der Waals surface area contributed by atoms with Crippen LogP contribution in [0.2, 0.25) is 0 Å². The second-order valence-electron chi connectivity index (χ2n) is 8.52. The van der Waals surface area contributed by atoms with Gasteiger partial charge in [0.05, 0.1) is 6.54 Å². The first-order chi connectivity index (χ1) is 16.6. The fourth-order valence-electron chi connectivity index (χ4n) is 4.10. The molecule has 4 rings (SSSR count). The van der Waals surface area contributed by atoms with E-state index in [9.17, 15) is 9.59 Å². The number of hydrogen-bond donors (Lipinski definition) is 1. The van der Waals surface area contributed by atoms with Crippen LogP contribution in [-0.4, -0.2) is 65.9 Å². The minimum Gasteiger partial charge on any atom is -0.440 e. The van der Waals surface area contributed by atoms with E-state index in [1.54, 1.807) is 0 Å². The highest BCUT2D eigenvalue weighted by Crippen LogP contribution is 2.32. The zero-order valence-electron chi connectivity index (χ0n) is 19.7. The third-order valence-corrected chi connectivity index (χ3v) is 5.97. The Labute approximate surface area is 200 Å². The Bertz CT molecular complexity index is 1020. The molecule has 0 atom stereocenters. The maximum atomic E-state index is 12.8. The molecule has 1 aromatic heterocycles. The SMILES string of the molecule is CCCNC(=O)CN1CCN(C(=O)CCc2nc(-c3ccccc3)c(-c3ccccc3)o2)CC1. The monoisotopic (exact) mass is 460 g/mol. The van der Waals surface area contributed by atoms with E-state index in [2.05, 4.69) is 10.2 Å². The van der Waals surface area contributed by atoms with Gasteiger partial charge in [0.1, 0.15) is 5.69 Å². The quantitative estimate of drug-likeness (QED) is 0.528. The predicted octanol–water partition coefficient (Wildman–Crippen LogP) is 3.61. The van der Waals surface area contributed by atoms with Crippen LogP contribution in [-0.2, 0) is 16.0 Å². The second kappa shape index (κ2) is 11.6. The summed E-state index contributed by atoms with van der Waals surface area (Å²) in [6, 6.07) is 19.9. The summed E-state index contributed by atoms with van der Waals surface area (Å²) >= 11 is 0. The maximum Gasteiger partial charge on any atom is 0.234 e. The standard InChI is InChI=1S/C27H32N4O3/c1-2-15-28-23(32)20-30-16-18-31(19-17-30)25(33)14-13-24-29-26(21-9-5-3-6-10-21)27(34-24)22-11-7-4-8-12-22/h3-12H,2,13-20H2,1H3,(H,28,32). The third-order valence-electron chi connectivity index (χ3n) is 5.97. The van der Waals surface area contributed by atoms with Crippen molar-refractivity contribution in [2.24, 2.45) is 0 Å². The molecule has 0 spiro atoms. The molecule has 7 nitrogen and oxygen atoms in total. The lowest BCUT2D eigenvalue weighted by Gasteiger charge is -2.34. The topological polar surface area (TPSA) is 78.7 Å². The lowest BCUT2D eigenvalue weighted by atomic mass is 10.1. The van der Waals surface area contributed by atoms with Crippen molar-refractivity contribution in [1.82, 2.24) is 20.1 Å². The van der Waals surface area contributed by atoms with Crippen LogP contribution < -0.4 is 5.32 Å². The lowest BCUT2D eigenvalue weighted by Crippen LogP contribution is -2.51. The van der Waals surface area contributed by atoms with Gasteiger partial charge in [-0.15, -0.1) is 0 Å². The molecule has 1 saturated heterocycles. The molecule has 0 unspecified atom stereocenters. The summed E-state index contributed by atoms with van der Waals surface area (Å²) in [6.45, 7) is 5.82. The van der Waals surface area contributed by atoms with Crippen LogP contribution in [0.5, 0.6) is 0 Å². The van der Waals surface area contributed by atoms with Crippen LogP contribution in [0.1, 0.15) is 25.7 Å². The van der Waals surface area contributed by atoms with Gasteiger partial charge in [-0.05, 0) is 6.42 Å². The highest BCUT2D eigenvalue weighted by Gasteiger charge is 2.23. The second-order valence-corrected chi connectivity index (χ2v) is 8.52. The van der Waals surface area contributed by atoms with Gasteiger partial charge in [0.15, 0.2) is 11.7 Å². The molecule has 0 saturated carbocycles. The van der Waals surface area contributed by atoms with Gasteiger partial charge in [0, 0.05) is 56.7 Å². The molecule has 34 heavy (non-hydrogen) atoms. The van der Waals surface area contributed by atoms with Crippen molar-refractivity contribution in [2.45, 2.75) is 26.2 Å². The minimum atomic E-state index is 0.0500. The van der Waals surface area contributed by atoms with Crippen molar-refractivity contribution in [2.75, 3.05) is 39.3 Å². The highest BCUT2D eigenvalue weighted by molar-refractivity contribution is 5.79. The normalized spacial score (nSPS) is 14.2. The summed E-state index contributed by atoms with van der Waals surface area (Å²) in [5, 5.41) is 2.90. The molecule has 0 bridgehead atoms. The molecular weight excluding hydrogens is 428 g/mol. The number of carbonyl (C=O) groups excluding carboxylic acids is 2. The van der Waals surface area contributed by atoms with Gasteiger partial charge in [-0.25, -0.2) is 4.98 Å². The van der Waals surface area contributed by atoms with Crippen molar-refractivity contribution in [3.05, 3.63) is 66.6 Å². The van der Waals surface area contributed by atoms with Gasteiger partial charge in [-0.2, -0.15) is 0 Å². The fraction of sp³-hybridized carbons (Fsp3) is 0.370. The number of hydrogen-bond acceptors (Lipinski definition) is 5. The summed E-state index contributed by atoms with van der Waals surface area (Å²) in [5.74, 6) is 1.44. The van der Waals surface area contributed by atoms with E-state index < -0.39 is 0 Å². The molecule has 1 fully saturated rings. The number of oxazole rings is 1. The first-order valence-electron chi connectivity index (χ1n) is 12.0. The molecule has 1 aliphatic heterocycles. The van der Waals surface area contributed by atoms with E-state index in [1.165, 1.54) is 0 Å². The van der Waals surface area contributed by atoms with E-state index in [0.29, 0.717) is 58.0 Å². The Morgan fingerprint density at radius 3 is 2.24 bits per heavy atom. The fourth-order valence-corrected chi connectivity index (χ4v) is 4.10. The van der Waals surface area contributed by atoms with E-state index in [-0.39, 0.29) is 11.8 Å². The Morgan fingerprint density at radius 1 is 0.941 bits per heavy atom. The number of nitrogens with one attached hydrogen (secondary N) is 1. The van der Waals surface area contributed by atoms with Crippen LogP contribution in [0.15, 0.2) is 65.1 Å². The molecular formula is C27H32N4O3. The molecule has 7 heteroatoms. The predicted molar refractivity (Wildman–Crippen MR) is 132 cm³/mol. The number of aryl methyl sites for hydroxylation is 1. The lowest BCUT2D eigenvalue weighted by molar-refractivity contribution is -0.133. The molecule has 1 N–H and O–H groups in total. The van der Waals surface area contributed by atoms with Gasteiger partial charge in [0.2, 0.25) is 11.8 Å².